The standard InChI is InChI=1S/C20H27N3O4S/c1-15(2)28(25,26)19-8-6-16(7-9-19)11-20(24)22-17-12-21-23(13-17)14-18-5-3-4-10-27-18/h6-9,12-13,15,18H,3-5,10-11,14H2,1-2H3,(H,22,24)/t18-/m1/s1. The van der Waals surface area contributed by atoms with Gasteiger partial charge in [0.25, 0.3) is 0 Å². The van der Waals surface area contributed by atoms with Crippen molar-refractivity contribution in [2.24, 2.45) is 0 Å². The number of hydrogen-bond acceptors (Lipinski definition) is 5. The molecule has 1 aliphatic heterocycles. The summed E-state index contributed by atoms with van der Waals surface area (Å²) < 4.78 is 31.8. The van der Waals surface area contributed by atoms with Crippen molar-refractivity contribution >= 4 is 21.4 Å². The van der Waals surface area contributed by atoms with Gasteiger partial charge in [-0.05, 0) is 50.8 Å². The maximum Gasteiger partial charge on any atom is 0.228 e. The van der Waals surface area contributed by atoms with Crippen LogP contribution in [0.4, 0.5) is 5.69 Å². The van der Waals surface area contributed by atoms with Crippen molar-refractivity contribution in [1.82, 2.24) is 9.78 Å². The van der Waals surface area contributed by atoms with Crippen LogP contribution in [-0.2, 0) is 32.3 Å². The fraction of sp³-hybridized carbons (Fsp3) is 0.500. The van der Waals surface area contributed by atoms with E-state index in [-0.39, 0.29) is 23.3 Å². The van der Waals surface area contributed by atoms with E-state index in [2.05, 4.69) is 10.4 Å². The van der Waals surface area contributed by atoms with Gasteiger partial charge in [0.1, 0.15) is 0 Å². The highest BCUT2D eigenvalue weighted by Crippen LogP contribution is 2.18. The molecule has 2 aromatic rings. The topological polar surface area (TPSA) is 90.3 Å². The number of sulfone groups is 1. The van der Waals surface area contributed by atoms with Crippen LogP contribution in [0.25, 0.3) is 0 Å². The third-order valence-corrected chi connectivity index (χ3v) is 6.99. The minimum Gasteiger partial charge on any atom is -0.376 e. The molecule has 3 rings (SSSR count). The normalized spacial score (nSPS) is 17.6. The van der Waals surface area contributed by atoms with Gasteiger partial charge in [-0.1, -0.05) is 12.1 Å². The molecule has 0 spiro atoms. The molecule has 2 heterocycles. The Hall–Kier alpha value is -2.19. The lowest BCUT2D eigenvalue weighted by atomic mass is 10.1. The van der Waals surface area contributed by atoms with E-state index < -0.39 is 15.1 Å². The summed E-state index contributed by atoms with van der Waals surface area (Å²) >= 11 is 0. The Bertz CT molecular complexity index is 898. The van der Waals surface area contributed by atoms with Crippen molar-refractivity contribution in [1.29, 1.82) is 0 Å². The summed E-state index contributed by atoms with van der Waals surface area (Å²) in [6.45, 7) is 4.78. The third kappa shape index (κ3) is 5.20. The van der Waals surface area contributed by atoms with Crippen LogP contribution in [0.1, 0.15) is 38.7 Å². The number of rotatable bonds is 7. The summed E-state index contributed by atoms with van der Waals surface area (Å²) in [6.07, 6.45) is 7.09. The zero-order chi connectivity index (χ0) is 20.1. The second kappa shape index (κ2) is 8.87. The summed E-state index contributed by atoms with van der Waals surface area (Å²) in [5.41, 5.74) is 1.39. The molecule has 1 fully saturated rings. The van der Waals surface area contributed by atoms with E-state index in [1.807, 2.05) is 0 Å². The van der Waals surface area contributed by atoms with Crippen molar-refractivity contribution in [3.8, 4) is 0 Å². The van der Waals surface area contributed by atoms with E-state index in [1.54, 1.807) is 55.2 Å². The molecule has 1 atom stereocenters. The second-order valence-corrected chi connectivity index (χ2v) is 9.91. The van der Waals surface area contributed by atoms with Crippen molar-refractivity contribution in [3.05, 3.63) is 42.2 Å². The molecule has 0 radical (unpaired) electrons. The van der Waals surface area contributed by atoms with Crippen LogP contribution < -0.4 is 5.32 Å². The maximum absolute atomic E-state index is 12.3. The second-order valence-electron chi connectivity index (χ2n) is 7.40. The summed E-state index contributed by atoms with van der Waals surface area (Å²) in [4.78, 5) is 12.6. The fourth-order valence-electron chi connectivity index (χ4n) is 3.15. The zero-order valence-corrected chi connectivity index (χ0v) is 17.1. The summed E-state index contributed by atoms with van der Waals surface area (Å²) in [7, 11) is -3.30. The monoisotopic (exact) mass is 405 g/mol. The molecule has 1 aliphatic rings. The number of aromatic nitrogens is 2. The number of nitrogens with zero attached hydrogens (tertiary/aromatic N) is 2. The molecule has 1 saturated heterocycles. The summed E-state index contributed by atoms with van der Waals surface area (Å²) in [5, 5.41) is 6.64. The number of amides is 1. The lowest BCUT2D eigenvalue weighted by Gasteiger charge is -2.22. The average molecular weight is 406 g/mol. The SMILES string of the molecule is CC(C)S(=O)(=O)c1ccc(CC(=O)Nc2cnn(C[C@H]3CCCCO3)c2)cc1. The van der Waals surface area contributed by atoms with Crippen LogP contribution in [0.15, 0.2) is 41.6 Å². The minimum absolute atomic E-state index is 0.166. The van der Waals surface area contributed by atoms with Gasteiger partial charge in [0, 0.05) is 12.8 Å². The van der Waals surface area contributed by atoms with Gasteiger partial charge in [-0.15, -0.1) is 0 Å². The van der Waals surface area contributed by atoms with E-state index in [0.717, 1.165) is 25.0 Å². The lowest BCUT2D eigenvalue weighted by Crippen LogP contribution is -2.24. The van der Waals surface area contributed by atoms with E-state index in [1.165, 1.54) is 6.42 Å². The molecule has 0 unspecified atom stereocenters. The number of benzene rings is 1. The van der Waals surface area contributed by atoms with Crippen molar-refractivity contribution in [2.45, 2.75) is 62.3 Å². The van der Waals surface area contributed by atoms with Crippen LogP contribution in [0.2, 0.25) is 0 Å². The molecule has 28 heavy (non-hydrogen) atoms. The Kier molecular flexibility index (Phi) is 6.51. The highest BCUT2D eigenvalue weighted by molar-refractivity contribution is 7.92. The van der Waals surface area contributed by atoms with E-state index in [0.29, 0.717) is 12.2 Å². The number of nitrogens with one attached hydrogen (secondary N) is 1. The number of carbonyl (C=O) groups is 1. The van der Waals surface area contributed by atoms with Crippen LogP contribution in [-0.4, -0.2) is 42.1 Å². The zero-order valence-electron chi connectivity index (χ0n) is 16.3. The van der Waals surface area contributed by atoms with E-state index >= 15 is 0 Å². The summed E-state index contributed by atoms with van der Waals surface area (Å²) in [5.74, 6) is -0.173. The molecular weight excluding hydrogens is 378 g/mol. The van der Waals surface area contributed by atoms with Gasteiger partial charge in [-0.25, -0.2) is 8.42 Å². The van der Waals surface area contributed by atoms with Crippen LogP contribution in [0.5, 0.6) is 0 Å². The first-order valence-corrected chi connectivity index (χ1v) is 11.2. The Balaban J connectivity index is 1.54. The van der Waals surface area contributed by atoms with Gasteiger partial charge in [0.05, 0.1) is 41.1 Å². The number of hydrogen-bond donors (Lipinski definition) is 1. The average Bonchev–Trinajstić information content (AvgIpc) is 3.09. The number of carbonyl (C=O) groups excluding carboxylic acids is 1. The Morgan fingerprint density at radius 3 is 2.68 bits per heavy atom. The quantitative estimate of drug-likeness (QED) is 0.765. The molecule has 8 heteroatoms. The van der Waals surface area contributed by atoms with Gasteiger partial charge in [-0.2, -0.15) is 5.10 Å². The van der Waals surface area contributed by atoms with Crippen LogP contribution in [0, 0.1) is 0 Å². The van der Waals surface area contributed by atoms with Gasteiger partial charge in [0.2, 0.25) is 5.91 Å². The van der Waals surface area contributed by atoms with Gasteiger partial charge < -0.3 is 10.1 Å². The molecular formula is C20H27N3O4S. The molecule has 152 valence electrons. The van der Waals surface area contributed by atoms with Gasteiger partial charge >= 0.3 is 0 Å². The third-order valence-electron chi connectivity index (χ3n) is 4.82. The molecule has 1 aromatic heterocycles. The van der Waals surface area contributed by atoms with Crippen molar-refractivity contribution in [2.75, 3.05) is 11.9 Å². The molecule has 1 amide bonds. The van der Waals surface area contributed by atoms with E-state index in [9.17, 15) is 13.2 Å². The predicted octanol–water partition coefficient (Wildman–Crippen LogP) is 2.82. The highest BCUT2D eigenvalue weighted by atomic mass is 32.2. The Morgan fingerprint density at radius 1 is 1.29 bits per heavy atom. The molecule has 7 nitrogen and oxygen atoms in total. The van der Waals surface area contributed by atoms with Gasteiger partial charge in [-0.3, -0.25) is 9.48 Å². The smallest absolute Gasteiger partial charge is 0.228 e. The number of ether oxygens (including phenoxy) is 1. The van der Waals surface area contributed by atoms with Crippen molar-refractivity contribution < 1.29 is 17.9 Å². The van der Waals surface area contributed by atoms with Crippen molar-refractivity contribution in [3.63, 3.8) is 0 Å². The summed E-state index contributed by atoms with van der Waals surface area (Å²) in [6, 6.07) is 6.47. The largest absolute Gasteiger partial charge is 0.376 e. The van der Waals surface area contributed by atoms with E-state index in [4.69, 9.17) is 4.74 Å². The highest BCUT2D eigenvalue weighted by Gasteiger charge is 2.19. The molecule has 0 aliphatic carbocycles. The van der Waals surface area contributed by atoms with Crippen LogP contribution in [0.3, 0.4) is 0 Å². The van der Waals surface area contributed by atoms with Crippen LogP contribution >= 0.6 is 0 Å². The molecule has 0 saturated carbocycles. The van der Waals surface area contributed by atoms with Gasteiger partial charge in [0.15, 0.2) is 9.84 Å². The minimum atomic E-state index is -3.30. The Labute approximate surface area is 166 Å². The lowest BCUT2D eigenvalue weighted by molar-refractivity contribution is -0.115. The fourth-order valence-corrected chi connectivity index (χ4v) is 4.21. The molecule has 1 aromatic carbocycles. The maximum atomic E-state index is 12.3. The predicted molar refractivity (Wildman–Crippen MR) is 107 cm³/mol. The molecule has 0 bridgehead atoms. The first-order chi connectivity index (χ1) is 13.3. The number of anilines is 1. The first-order valence-electron chi connectivity index (χ1n) is 9.61. The first kappa shape index (κ1) is 20.5. The molecule has 1 N–H and O–H groups in total. The Morgan fingerprint density at radius 2 is 2.04 bits per heavy atom.